The van der Waals surface area contributed by atoms with E-state index in [4.69, 9.17) is 56.8 Å². The van der Waals surface area contributed by atoms with Gasteiger partial charge in [-0.1, -0.05) is 87.3 Å². The SMILES string of the molecule is CCCCCCCCCCOCCOCCOCCOCCOCCOCCOCCOCCOCCOCCOCCOCCCCCCI. The van der Waals surface area contributed by atoms with Gasteiger partial charge in [0.15, 0.2) is 0 Å². The lowest BCUT2D eigenvalue weighted by Gasteiger charge is -2.09. The predicted molar refractivity (Wildman–Crippen MR) is 210 cm³/mol. The van der Waals surface area contributed by atoms with Crippen LogP contribution in [0.5, 0.6) is 0 Å². The minimum absolute atomic E-state index is 0.522. The average Bonchev–Trinajstić information content (AvgIpc) is 3.14. The highest BCUT2D eigenvalue weighted by atomic mass is 127. The van der Waals surface area contributed by atoms with E-state index in [0.717, 1.165) is 26.1 Å². The molecule has 0 fully saturated rings. The maximum atomic E-state index is 5.63. The summed E-state index contributed by atoms with van der Waals surface area (Å²) in [4.78, 5) is 0. The molecule has 0 amide bonds. The van der Waals surface area contributed by atoms with E-state index < -0.39 is 0 Å². The lowest BCUT2D eigenvalue weighted by Crippen LogP contribution is -2.15. The largest absolute Gasteiger partial charge is 0.379 e. The fourth-order valence-corrected chi connectivity index (χ4v) is 5.05. The second kappa shape index (κ2) is 50.2. The Hall–Kier alpha value is 0.250. The average molecular weight is 853 g/mol. The second-order valence-corrected chi connectivity index (χ2v) is 13.0. The molecule has 308 valence electrons. The first-order valence-electron chi connectivity index (χ1n) is 19.9. The van der Waals surface area contributed by atoms with Gasteiger partial charge in [0.1, 0.15) is 0 Å². The van der Waals surface area contributed by atoms with Crippen molar-refractivity contribution in [3.8, 4) is 0 Å². The van der Waals surface area contributed by atoms with Gasteiger partial charge in [-0.3, -0.25) is 0 Å². The summed E-state index contributed by atoms with van der Waals surface area (Å²) in [7, 11) is 0. The van der Waals surface area contributed by atoms with E-state index in [2.05, 4.69) is 29.5 Å². The van der Waals surface area contributed by atoms with Crippen molar-refractivity contribution in [2.75, 3.05) is 163 Å². The Bertz CT molecular complexity index is 549. The maximum absolute atomic E-state index is 5.63. The summed E-state index contributed by atoms with van der Waals surface area (Å²) in [6, 6.07) is 0. The van der Waals surface area contributed by atoms with Crippen LogP contribution < -0.4 is 0 Å². The van der Waals surface area contributed by atoms with Gasteiger partial charge in [0.05, 0.1) is 145 Å². The Morgan fingerprint density at radius 2 is 0.392 bits per heavy atom. The van der Waals surface area contributed by atoms with E-state index in [1.54, 1.807) is 0 Å². The van der Waals surface area contributed by atoms with Crippen molar-refractivity contribution < 1.29 is 56.8 Å². The van der Waals surface area contributed by atoms with Crippen molar-refractivity contribution in [1.82, 2.24) is 0 Å². The Kier molecular flexibility index (Phi) is 50.5. The Morgan fingerprint density at radius 3 is 0.608 bits per heavy atom. The first-order chi connectivity index (χ1) is 25.4. The van der Waals surface area contributed by atoms with Crippen LogP contribution in [0, 0.1) is 0 Å². The topological polar surface area (TPSA) is 111 Å². The van der Waals surface area contributed by atoms with Crippen LogP contribution in [-0.2, 0) is 56.8 Å². The Balaban J connectivity index is 3.04. The van der Waals surface area contributed by atoms with E-state index in [-0.39, 0.29) is 0 Å². The van der Waals surface area contributed by atoms with Crippen molar-refractivity contribution in [2.24, 2.45) is 0 Å². The minimum Gasteiger partial charge on any atom is -0.379 e. The third-order valence-electron chi connectivity index (χ3n) is 7.41. The van der Waals surface area contributed by atoms with Gasteiger partial charge in [-0.25, -0.2) is 0 Å². The second-order valence-electron chi connectivity index (χ2n) is 11.9. The molecule has 0 N–H and O–H groups in total. The summed E-state index contributed by atoms with van der Waals surface area (Å²) in [6.07, 6.45) is 15.5. The highest BCUT2D eigenvalue weighted by Crippen LogP contribution is 2.08. The number of unbranched alkanes of at least 4 members (excludes halogenated alkanes) is 10. The molecule has 0 unspecified atom stereocenters. The molecule has 0 aromatic carbocycles. The zero-order valence-electron chi connectivity index (χ0n) is 32.4. The molecule has 13 heteroatoms. The summed E-state index contributed by atoms with van der Waals surface area (Å²) in [5, 5.41) is 0. The molecular weight excluding hydrogens is 775 g/mol. The Labute approximate surface area is 325 Å². The number of rotatable bonds is 48. The van der Waals surface area contributed by atoms with Crippen molar-refractivity contribution in [3.63, 3.8) is 0 Å². The molecule has 0 radical (unpaired) electrons. The molecule has 0 heterocycles. The summed E-state index contributed by atoms with van der Waals surface area (Å²) in [5.74, 6) is 0. The van der Waals surface area contributed by atoms with Crippen molar-refractivity contribution in [3.05, 3.63) is 0 Å². The minimum atomic E-state index is 0.522. The van der Waals surface area contributed by atoms with Gasteiger partial charge in [-0.15, -0.1) is 0 Å². The fourth-order valence-electron chi connectivity index (χ4n) is 4.51. The van der Waals surface area contributed by atoms with E-state index in [9.17, 15) is 0 Å². The molecule has 0 aromatic rings. The highest BCUT2D eigenvalue weighted by Gasteiger charge is 1.98. The van der Waals surface area contributed by atoms with Crippen LogP contribution in [0.3, 0.4) is 0 Å². The molecule has 0 aliphatic carbocycles. The number of hydrogen-bond acceptors (Lipinski definition) is 12. The molecule has 0 saturated heterocycles. The summed E-state index contributed by atoms with van der Waals surface area (Å²) < 4.78 is 67.6. The molecule has 12 nitrogen and oxygen atoms in total. The van der Waals surface area contributed by atoms with Gasteiger partial charge in [-0.05, 0) is 23.7 Å². The van der Waals surface area contributed by atoms with Crippen LogP contribution in [0.1, 0.15) is 84.0 Å². The summed E-state index contributed by atoms with van der Waals surface area (Å²) >= 11 is 2.42. The summed E-state index contributed by atoms with van der Waals surface area (Å²) in [5.41, 5.74) is 0. The molecule has 0 rings (SSSR count). The predicted octanol–water partition coefficient (Wildman–Crippen LogP) is 6.32. The van der Waals surface area contributed by atoms with E-state index >= 15 is 0 Å². The van der Waals surface area contributed by atoms with Gasteiger partial charge >= 0.3 is 0 Å². The maximum Gasteiger partial charge on any atom is 0.0701 e. The van der Waals surface area contributed by atoms with Crippen LogP contribution in [0.4, 0.5) is 0 Å². The normalized spacial score (nSPS) is 11.6. The third kappa shape index (κ3) is 50.2. The van der Waals surface area contributed by atoms with E-state index in [1.807, 2.05) is 0 Å². The lowest BCUT2D eigenvalue weighted by atomic mass is 10.1. The van der Waals surface area contributed by atoms with Gasteiger partial charge in [-0.2, -0.15) is 0 Å². The van der Waals surface area contributed by atoms with Gasteiger partial charge in [0.2, 0.25) is 0 Å². The fraction of sp³-hybridized carbons (Fsp3) is 1.00. The number of hydrogen-bond donors (Lipinski definition) is 0. The first-order valence-corrected chi connectivity index (χ1v) is 21.4. The lowest BCUT2D eigenvalue weighted by molar-refractivity contribution is -0.0284. The van der Waals surface area contributed by atoms with Gasteiger partial charge in [0.25, 0.3) is 0 Å². The molecule has 0 atom stereocenters. The molecular formula is C38H77IO12. The molecule has 0 spiro atoms. The third-order valence-corrected chi connectivity index (χ3v) is 8.17. The number of alkyl halides is 1. The number of halogens is 1. The molecule has 0 bridgehead atoms. The quantitative estimate of drug-likeness (QED) is 0.0388. The smallest absolute Gasteiger partial charge is 0.0701 e. The molecule has 0 aliphatic rings. The zero-order valence-corrected chi connectivity index (χ0v) is 34.6. The summed E-state index contributed by atoms with van der Waals surface area (Å²) in [6.45, 7) is 16.1. The van der Waals surface area contributed by atoms with Gasteiger partial charge < -0.3 is 56.8 Å². The van der Waals surface area contributed by atoms with Crippen molar-refractivity contribution >= 4 is 22.6 Å². The van der Waals surface area contributed by atoms with Crippen molar-refractivity contribution in [1.29, 1.82) is 0 Å². The molecule has 51 heavy (non-hydrogen) atoms. The number of ether oxygens (including phenoxy) is 12. The van der Waals surface area contributed by atoms with Crippen LogP contribution >= 0.6 is 22.6 Å². The molecule has 0 aliphatic heterocycles. The highest BCUT2D eigenvalue weighted by molar-refractivity contribution is 14.1. The zero-order chi connectivity index (χ0) is 36.6. The first kappa shape index (κ1) is 51.2. The molecule has 0 saturated carbocycles. The van der Waals surface area contributed by atoms with Gasteiger partial charge in [0, 0.05) is 13.2 Å². The van der Waals surface area contributed by atoms with Crippen LogP contribution in [-0.4, -0.2) is 163 Å². The van der Waals surface area contributed by atoms with Crippen molar-refractivity contribution in [2.45, 2.75) is 84.0 Å². The van der Waals surface area contributed by atoms with Crippen LogP contribution in [0.2, 0.25) is 0 Å². The van der Waals surface area contributed by atoms with E-state index in [1.165, 1.54) is 68.6 Å². The Morgan fingerprint density at radius 1 is 0.216 bits per heavy atom. The molecule has 0 aromatic heterocycles. The van der Waals surface area contributed by atoms with Crippen LogP contribution in [0.15, 0.2) is 0 Å². The van der Waals surface area contributed by atoms with E-state index in [0.29, 0.717) is 145 Å². The monoisotopic (exact) mass is 852 g/mol. The van der Waals surface area contributed by atoms with Crippen LogP contribution in [0.25, 0.3) is 0 Å². The standard InChI is InChI=1S/C38H77IO12/c1-2-3-4-5-6-7-9-12-15-40-17-19-42-21-23-44-25-27-46-29-31-48-33-35-50-37-38-51-36-34-49-32-30-47-28-26-45-24-22-43-20-18-41-16-13-10-8-11-14-39/h2-38H2,1H3.